The summed E-state index contributed by atoms with van der Waals surface area (Å²) in [6, 6.07) is 5.28. The summed E-state index contributed by atoms with van der Waals surface area (Å²) in [5, 5.41) is 0.566. The first-order valence-electron chi connectivity index (χ1n) is 10.2. The lowest BCUT2D eigenvalue weighted by Gasteiger charge is -2.31. The third-order valence-electron chi connectivity index (χ3n) is 5.71. The first-order valence-corrected chi connectivity index (χ1v) is 10.6. The Labute approximate surface area is 171 Å². The highest BCUT2D eigenvalue weighted by Crippen LogP contribution is 2.19. The number of benzene rings is 1. The predicted molar refractivity (Wildman–Crippen MR) is 115 cm³/mol. The van der Waals surface area contributed by atoms with Crippen molar-refractivity contribution < 1.29 is 4.79 Å². The minimum absolute atomic E-state index is 0.0264. The van der Waals surface area contributed by atoms with E-state index in [1.165, 1.54) is 6.42 Å². The molecule has 1 aromatic heterocycles. The highest BCUT2D eigenvalue weighted by atomic mass is 32.1. The number of likely N-dealkylation sites (tertiary alicyclic amines) is 1. The van der Waals surface area contributed by atoms with Gasteiger partial charge in [0.1, 0.15) is 0 Å². The SMILES string of the molecule is CCN(CC)CCn1c(=S)[nH]c2cc(C(=O)N3CCC[C@H](C)C3)ccc2c1=O. The summed E-state index contributed by atoms with van der Waals surface area (Å²) in [6.45, 7) is 11.2. The number of hydrogen-bond acceptors (Lipinski definition) is 4. The second kappa shape index (κ2) is 9.01. The number of amides is 1. The summed E-state index contributed by atoms with van der Waals surface area (Å²) in [5.41, 5.74) is 1.13. The summed E-state index contributed by atoms with van der Waals surface area (Å²) >= 11 is 5.43. The van der Waals surface area contributed by atoms with Crippen molar-refractivity contribution in [2.75, 3.05) is 32.7 Å². The second-order valence-corrected chi connectivity index (χ2v) is 8.06. The van der Waals surface area contributed by atoms with Crippen LogP contribution in [0, 0.1) is 10.7 Å². The highest BCUT2D eigenvalue weighted by molar-refractivity contribution is 7.71. The second-order valence-electron chi connectivity index (χ2n) is 7.67. The molecular weight excluding hydrogens is 372 g/mol. The van der Waals surface area contributed by atoms with Crippen molar-refractivity contribution in [1.29, 1.82) is 0 Å². The molecule has 1 aromatic carbocycles. The Kier molecular flexibility index (Phi) is 6.67. The fourth-order valence-corrected chi connectivity index (χ4v) is 4.21. The number of nitrogens with one attached hydrogen (secondary N) is 1. The predicted octanol–water partition coefficient (Wildman–Crippen LogP) is 3.27. The van der Waals surface area contributed by atoms with E-state index in [1.807, 2.05) is 4.90 Å². The normalized spacial score (nSPS) is 17.4. The molecule has 1 atom stereocenters. The van der Waals surface area contributed by atoms with Crippen LogP contribution in [-0.4, -0.2) is 58.0 Å². The average Bonchev–Trinajstić information content (AvgIpc) is 2.69. The number of nitrogens with zero attached hydrogens (tertiary/aromatic N) is 3. The van der Waals surface area contributed by atoms with Crippen LogP contribution < -0.4 is 5.56 Å². The van der Waals surface area contributed by atoms with Crippen LogP contribution in [0.15, 0.2) is 23.0 Å². The van der Waals surface area contributed by atoms with E-state index in [-0.39, 0.29) is 11.5 Å². The van der Waals surface area contributed by atoms with Crippen LogP contribution in [0.4, 0.5) is 0 Å². The Balaban J connectivity index is 1.89. The molecule has 0 bridgehead atoms. The number of aromatic amines is 1. The molecule has 1 saturated heterocycles. The van der Waals surface area contributed by atoms with Gasteiger partial charge in [-0.2, -0.15) is 0 Å². The van der Waals surface area contributed by atoms with E-state index in [2.05, 4.69) is 30.7 Å². The molecule has 0 aliphatic carbocycles. The van der Waals surface area contributed by atoms with Crippen molar-refractivity contribution in [2.45, 2.75) is 40.2 Å². The molecule has 1 aliphatic heterocycles. The van der Waals surface area contributed by atoms with Crippen molar-refractivity contribution in [3.05, 3.63) is 38.9 Å². The van der Waals surface area contributed by atoms with E-state index in [0.717, 1.165) is 39.1 Å². The molecule has 0 unspecified atom stereocenters. The third kappa shape index (κ3) is 4.36. The van der Waals surface area contributed by atoms with Crippen LogP contribution in [-0.2, 0) is 6.54 Å². The molecular formula is C21H30N4O2S. The molecule has 7 heteroatoms. The molecule has 3 rings (SSSR count). The average molecular weight is 403 g/mol. The van der Waals surface area contributed by atoms with Gasteiger partial charge < -0.3 is 14.8 Å². The van der Waals surface area contributed by atoms with Gasteiger partial charge in [-0.05, 0) is 62.3 Å². The molecule has 2 aromatic rings. The zero-order valence-corrected chi connectivity index (χ0v) is 17.8. The summed E-state index contributed by atoms with van der Waals surface area (Å²) in [4.78, 5) is 33.1. The number of fused-ring (bicyclic) bond motifs is 1. The number of hydrogen-bond donors (Lipinski definition) is 1. The zero-order valence-electron chi connectivity index (χ0n) is 17.0. The van der Waals surface area contributed by atoms with Crippen molar-refractivity contribution >= 4 is 29.0 Å². The van der Waals surface area contributed by atoms with Gasteiger partial charge in [0, 0.05) is 31.7 Å². The number of likely N-dealkylation sites (N-methyl/N-ethyl adjacent to an activating group) is 1. The number of H-pyrrole nitrogens is 1. The Morgan fingerprint density at radius 1 is 1.32 bits per heavy atom. The standard InChI is InChI=1S/C21H30N4O2S/c1-4-23(5-2)11-12-25-20(27)17-9-8-16(13-18(17)22-21(25)28)19(26)24-10-6-7-15(3)14-24/h8-9,13,15H,4-7,10-12,14H2,1-3H3,(H,22,28)/t15-/m0/s1. The molecule has 2 heterocycles. The van der Waals surface area contributed by atoms with Gasteiger partial charge in [-0.15, -0.1) is 0 Å². The van der Waals surface area contributed by atoms with Gasteiger partial charge in [-0.1, -0.05) is 20.8 Å². The number of aromatic nitrogens is 2. The van der Waals surface area contributed by atoms with Gasteiger partial charge in [-0.3, -0.25) is 14.2 Å². The lowest BCUT2D eigenvalue weighted by molar-refractivity contribution is 0.0683. The van der Waals surface area contributed by atoms with Gasteiger partial charge in [0.05, 0.1) is 10.9 Å². The fraction of sp³-hybridized carbons (Fsp3) is 0.571. The quantitative estimate of drug-likeness (QED) is 0.754. The number of carbonyl (C=O) groups excluding carboxylic acids is 1. The van der Waals surface area contributed by atoms with Crippen LogP contribution in [0.1, 0.15) is 44.0 Å². The molecule has 1 N–H and O–H groups in total. The van der Waals surface area contributed by atoms with Crippen LogP contribution in [0.2, 0.25) is 0 Å². The minimum Gasteiger partial charge on any atom is -0.338 e. The zero-order chi connectivity index (χ0) is 20.3. The maximum absolute atomic E-state index is 12.9. The molecule has 0 radical (unpaired) electrons. The molecule has 0 saturated carbocycles. The molecule has 28 heavy (non-hydrogen) atoms. The molecule has 0 spiro atoms. The molecule has 1 aliphatic rings. The van der Waals surface area contributed by atoms with Gasteiger partial charge in [0.15, 0.2) is 4.77 Å². The van der Waals surface area contributed by atoms with Crippen molar-refractivity contribution in [3.8, 4) is 0 Å². The largest absolute Gasteiger partial charge is 0.338 e. The summed E-state index contributed by atoms with van der Waals surface area (Å²) in [6.07, 6.45) is 2.21. The van der Waals surface area contributed by atoms with Crippen LogP contribution in [0.3, 0.4) is 0 Å². The third-order valence-corrected chi connectivity index (χ3v) is 6.03. The van der Waals surface area contributed by atoms with Gasteiger partial charge in [-0.25, -0.2) is 0 Å². The maximum atomic E-state index is 12.9. The lowest BCUT2D eigenvalue weighted by Crippen LogP contribution is -2.39. The van der Waals surface area contributed by atoms with E-state index >= 15 is 0 Å². The minimum atomic E-state index is -0.100. The Morgan fingerprint density at radius 3 is 2.75 bits per heavy atom. The Morgan fingerprint density at radius 2 is 2.07 bits per heavy atom. The summed E-state index contributed by atoms with van der Waals surface area (Å²) in [5.74, 6) is 0.556. The number of carbonyl (C=O) groups is 1. The summed E-state index contributed by atoms with van der Waals surface area (Å²) < 4.78 is 2.02. The van der Waals surface area contributed by atoms with Gasteiger partial charge in [0.25, 0.3) is 11.5 Å². The van der Waals surface area contributed by atoms with E-state index in [1.54, 1.807) is 22.8 Å². The first kappa shape index (κ1) is 20.7. The van der Waals surface area contributed by atoms with E-state index in [9.17, 15) is 9.59 Å². The van der Waals surface area contributed by atoms with Crippen LogP contribution >= 0.6 is 12.2 Å². The van der Waals surface area contributed by atoms with Crippen molar-refractivity contribution in [3.63, 3.8) is 0 Å². The van der Waals surface area contributed by atoms with E-state index in [0.29, 0.717) is 33.7 Å². The van der Waals surface area contributed by atoms with E-state index < -0.39 is 0 Å². The number of rotatable bonds is 6. The lowest BCUT2D eigenvalue weighted by atomic mass is 9.99. The molecule has 1 fully saturated rings. The Bertz CT molecular complexity index is 961. The Hall–Kier alpha value is -1.99. The smallest absolute Gasteiger partial charge is 0.262 e. The van der Waals surface area contributed by atoms with Crippen LogP contribution in [0.5, 0.6) is 0 Å². The van der Waals surface area contributed by atoms with E-state index in [4.69, 9.17) is 12.2 Å². The molecule has 6 nitrogen and oxygen atoms in total. The van der Waals surface area contributed by atoms with Crippen molar-refractivity contribution in [1.82, 2.24) is 19.4 Å². The van der Waals surface area contributed by atoms with Crippen LogP contribution in [0.25, 0.3) is 10.9 Å². The van der Waals surface area contributed by atoms with Gasteiger partial charge >= 0.3 is 0 Å². The number of piperidine rings is 1. The monoisotopic (exact) mass is 402 g/mol. The summed E-state index contributed by atoms with van der Waals surface area (Å²) in [7, 11) is 0. The van der Waals surface area contributed by atoms with Crippen molar-refractivity contribution in [2.24, 2.45) is 5.92 Å². The maximum Gasteiger partial charge on any atom is 0.262 e. The fourth-order valence-electron chi connectivity index (χ4n) is 3.93. The first-order chi connectivity index (χ1) is 13.4. The molecule has 152 valence electrons. The topological polar surface area (TPSA) is 61.3 Å². The van der Waals surface area contributed by atoms with Gasteiger partial charge in [0.2, 0.25) is 0 Å². The molecule has 1 amide bonds. The highest BCUT2D eigenvalue weighted by Gasteiger charge is 2.22.